The van der Waals surface area contributed by atoms with Gasteiger partial charge < -0.3 is 0 Å². The first kappa shape index (κ1) is 15.4. The van der Waals surface area contributed by atoms with Gasteiger partial charge in [0.2, 0.25) is 0 Å². The van der Waals surface area contributed by atoms with Crippen molar-refractivity contribution >= 4 is 35.0 Å². The maximum atomic E-state index is 12.8. The number of rotatable bonds is 2. The van der Waals surface area contributed by atoms with Crippen molar-refractivity contribution in [2.45, 2.75) is 11.3 Å². The zero-order valence-electron chi connectivity index (χ0n) is 10.0. The minimum atomic E-state index is -4.55. The third-order valence-electron chi connectivity index (χ3n) is 2.38. The standard InChI is InChI=1S/C12H7Cl2F3N2S/c1-20-11-18-9(5-10(19-11)12(15,16)17)7-4-6(13)2-3-8(7)14/h2-5H,1H3. The summed E-state index contributed by atoms with van der Waals surface area (Å²) in [6.07, 6.45) is -2.95. The van der Waals surface area contributed by atoms with Gasteiger partial charge in [0.15, 0.2) is 5.16 Å². The second-order valence-corrected chi connectivity index (χ2v) is 5.36. The van der Waals surface area contributed by atoms with E-state index < -0.39 is 11.9 Å². The van der Waals surface area contributed by atoms with Gasteiger partial charge in [0.1, 0.15) is 5.69 Å². The number of benzene rings is 1. The van der Waals surface area contributed by atoms with Crippen molar-refractivity contribution in [3.63, 3.8) is 0 Å². The number of aromatic nitrogens is 2. The van der Waals surface area contributed by atoms with E-state index >= 15 is 0 Å². The molecule has 2 rings (SSSR count). The third-order valence-corrected chi connectivity index (χ3v) is 3.50. The first-order valence-electron chi connectivity index (χ1n) is 5.27. The monoisotopic (exact) mass is 338 g/mol. The number of hydrogen-bond acceptors (Lipinski definition) is 3. The molecule has 0 radical (unpaired) electrons. The molecule has 0 spiro atoms. The molecule has 0 saturated heterocycles. The molecule has 0 unspecified atom stereocenters. The molecule has 0 aliphatic rings. The molecule has 1 aromatic heterocycles. The summed E-state index contributed by atoms with van der Waals surface area (Å²) in [5, 5.41) is 0.654. The minimum Gasteiger partial charge on any atom is -0.222 e. The number of thioether (sulfide) groups is 1. The van der Waals surface area contributed by atoms with E-state index in [1.54, 1.807) is 12.3 Å². The van der Waals surface area contributed by atoms with Gasteiger partial charge in [0, 0.05) is 10.6 Å². The quantitative estimate of drug-likeness (QED) is 0.556. The van der Waals surface area contributed by atoms with Crippen molar-refractivity contribution in [1.82, 2.24) is 9.97 Å². The highest BCUT2D eigenvalue weighted by Gasteiger charge is 2.33. The van der Waals surface area contributed by atoms with Crippen molar-refractivity contribution < 1.29 is 13.2 Å². The lowest BCUT2D eigenvalue weighted by Gasteiger charge is -2.10. The van der Waals surface area contributed by atoms with Crippen LogP contribution in [0.4, 0.5) is 13.2 Å². The second kappa shape index (κ2) is 5.79. The highest BCUT2D eigenvalue weighted by Crippen LogP contribution is 2.34. The van der Waals surface area contributed by atoms with Gasteiger partial charge in [-0.3, -0.25) is 0 Å². The summed E-state index contributed by atoms with van der Waals surface area (Å²) < 4.78 is 38.5. The predicted molar refractivity (Wildman–Crippen MR) is 74.3 cm³/mol. The lowest BCUT2D eigenvalue weighted by atomic mass is 10.1. The summed E-state index contributed by atoms with van der Waals surface area (Å²) in [6, 6.07) is 5.38. The molecule has 8 heteroatoms. The van der Waals surface area contributed by atoms with E-state index in [4.69, 9.17) is 23.2 Å². The van der Waals surface area contributed by atoms with Crippen LogP contribution in [0.5, 0.6) is 0 Å². The van der Waals surface area contributed by atoms with Gasteiger partial charge in [-0.05, 0) is 30.5 Å². The fourth-order valence-corrected chi connectivity index (χ4v) is 2.26. The van der Waals surface area contributed by atoms with E-state index in [0.29, 0.717) is 10.6 Å². The summed E-state index contributed by atoms with van der Waals surface area (Å²) in [5.41, 5.74) is -0.588. The molecule has 106 valence electrons. The van der Waals surface area contributed by atoms with Crippen LogP contribution in [0.1, 0.15) is 5.69 Å². The van der Waals surface area contributed by atoms with Crippen LogP contribution in [0, 0.1) is 0 Å². The van der Waals surface area contributed by atoms with E-state index in [1.165, 1.54) is 12.1 Å². The van der Waals surface area contributed by atoms with Gasteiger partial charge in [0.25, 0.3) is 0 Å². The van der Waals surface area contributed by atoms with Crippen molar-refractivity contribution in [2.24, 2.45) is 0 Å². The van der Waals surface area contributed by atoms with Gasteiger partial charge in [-0.15, -0.1) is 0 Å². The Kier molecular flexibility index (Phi) is 4.46. The third kappa shape index (κ3) is 3.37. The number of nitrogens with zero attached hydrogens (tertiary/aromatic N) is 2. The molecule has 0 atom stereocenters. The fraction of sp³-hybridized carbons (Fsp3) is 0.167. The van der Waals surface area contributed by atoms with E-state index in [9.17, 15) is 13.2 Å². The van der Waals surface area contributed by atoms with Crippen LogP contribution in [0.15, 0.2) is 29.4 Å². The van der Waals surface area contributed by atoms with Crippen LogP contribution in [0.25, 0.3) is 11.3 Å². The first-order chi connectivity index (χ1) is 9.31. The molecular formula is C12H7Cl2F3N2S. The van der Waals surface area contributed by atoms with Gasteiger partial charge in [-0.1, -0.05) is 35.0 Å². The maximum Gasteiger partial charge on any atom is 0.433 e. The van der Waals surface area contributed by atoms with Crippen LogP contribution in [-0.2, 0) is 6.18 Å². The minimum absolute atomic E-state index is 0.0193. The molecule has 2 aromatic rings. The Labute approximate surface area is 127 Å². The van der Waals surface area contributed by atoms with E-state index in [1.807, 2.05) is 0 Å². The number of halogens is 5. The van der Waals surface area contributed by atoms with Crippen molar-refractivity contribution in [3.8, 4) is 11.3 Å². The van der Waals surface area contributed by atoms with Crippen LogP contribution >= 0.6 is 35.0 Å². The van der Waals surface area contributed by atoms with Crippen molar-refractivity contribution in [3.05, 3.63) is 40.0 Å². The average Bonchev–Trinajstić information content (AvgIpc) is 2.40. The highest BCUT2D eigenvalue weighted by molar-refractivity contribution is 7.98. The number of hydrogen-bond donors (Lipinski definition) is 0. The highest BCUT2D eigenvalue weighted by atomic mass is 35.5. The zero-order valence-corrected chi connectivity index (χ0v) is 12.3. The molecule has 0 fully saturated rings. The molecule has 0 bridgehead atoms. The predicted octanol–water partition coefficient (Wildman–Crippen LogP) is 5.19. The molecule has 0 N–H and O–H groups in total. The Bertz CT molecular complexity index is 647. The summed E-state index contributed by atoms with van der Waals surface area (Å²) >= 11 is 12.8. The smallest absolute Gasteiger partial charge is 0.222 e. The van der Waals surface area contributed by atoms with Gasteiger partial charge in [0.05, 0.1) is 10.7 Å². The first-order valence-corrected chi connectivity index (χ1v) is 7.25. The van der Waals surface area contributed by atoms with Crippen molar-refractivity contribution in [2.75, 3.05) is 6.26 Å². The van der Waals surface area contributed by atoms with E-state index in [0.717, 1.165) is 17.8 Å². The SMILES string of the molecule is CSc1nc(-c2cc(Cl)ccc2Cl)cc(C(F)(F)F)n1. The molecule has 2 nitrogen and oxygen atoms in total. The number of alkyl halides is 3. The summed E-state index contributed by atoms with van der Waals surface area (Å²) in [6.45, 7) is 0. The van der Waals surface area contributed by atoms with E-state index in [2.05, 4.69) is 9.97 Å². The Morgan fingerprint density at radius 2 is 1.80 bits per heavy atom. The molecule has 0 aliphatic heterocycles. The van der Waals surface area contributed by atoms with E-state index in [-0.39, 0.29) is 15.9 Å². The normalized spacial score (nSPS) is 11.7. The summed E-state index contributed by atoms with van der Waals surface area (Å²) in [7, 11) is 0. The fourth-order valence-electron chi connectivity index (χ4n) is 1.49. The second-order valence-electron chi connectivity index (χ2n) is 3.75. The average molecular weight is 339 g/mol. The molecule has 20 heavy (non-hydrogen) atoms. The lowest BCUT2D eigenvalue weighted by molar-refractivity contribution is -0.141. The zero-order chi connectivity index (χ0) is 14.9. The van der Waals surface area contributed by atoms with Crippen LogP contribution in [-0.4, -0.2) is 16.2 Å². The van der Waals surface area contributed by atoms with Crippen LogP contribution < -0.4 is 0 Å². The van der Waals surface area contributed by atoms with Crippen molar-refractivity contribution in [1.29, 1.82) is 0 Å². The molecule has 1 aromatic carbocycles. The Morgan fingerprint density at radius 3 is 2.40 bits per heavy atom. The summed E-state index contributed by atoms with van der Waals surface area (Å²) in [5.74, 6) is 0. The molecule has 0 aliphatic carbocycles. The Hall–Kier alpha value is -0.980. The Balaban J connectivity index is 2.64. The summed E-state index contributed by atoms with van der Waals surface area (Å²) in [4.78, 5) is 7.50. The lowest BCUT2D eigenvalue weighted by Crippen LogP contribution is -2.10. The molecule has 0 saturated carbocycles. The van der Waals surface area contributed by atoms with Crippen LogP contribution in [0.2, 0.25) is 10.0 Å². The van der Waals surface area contributed by atoms with Gasteiger partial charge in [-0.25, -0.2) is 9.97 Å². The van der Waals surface area contributed by atoms with Gasteiger partial charge >= 0.3 is 6.18 Å². The maximum absolute atomic E-state index is 12.8. The topological polar surface area (TPSA) is 25.8 Å². The molecule has 1 heterocycles. The molecule has 0 amide bonds. The van der Waals surface area contributed by atoms with Crippen LogP contribution in [0.3, 0.4) is 0 Å². The molecular weight excluding hydrogens is 332 g/mol. The largest absolute Gasteiger partial charge is 0.433 e. The Morgan fingerprint density at radius 1 is 1.10 bits per heavy atom. The van der Waals surface area contributed by atoms with Gasteiger partial charge in [-0.2, -0.15) is 13.2 Å².